The van der Waals surface area contributed by atoms with E-state index in [1.54, 1.807) is 13.0 Å². The van der Waals surface area contributed by atoms with E-state index >= 15 is 0 Å². The zero-order valence-corrected chi connectivity index (χ0v) is 14.8. The van der Waals surface area contributed by atoms with Gasteiger partial charge in [0.25, 0.3) is 0 Å². The smallest absolute Gasteiger partial charge is 0.228 e. The Morgan fingerprint density at radius 2 is 2.00 bits per heavy atom. The highest BCUT2D eigenvalue weighted by atomic mass is 35.5. The van der Waals surface area contributed by atoms with Gasteiger partial charge in [-0.25, -0.2) is 9.97 Å². The Hall–Kier alpha value is -2.15. The fourth-order valence-electron chi connectivity index (χ4n) is 3.13. The summed E-state index contributed by atoms with van der Waals surface area (Å²) in [6.07, 6.45) is 3.82. The first-order valence-electron chi connectivity index (χ1n) is 8.62. The summed E-state index contributed by atoms with van der Waals surface area (Å²) in [5.41, 5.74) is 0. The molecule has 0 radical (unpaired) electrons. The molecular formula is C17H20ClN5O2. The molecule has 7 nitrogen and oxygen atoms in total. The molecular weight excluding hydrogens is 342 g/mol. The lowest BCUT2D eigenvalue weighted by Gasteiger charge is -2.32. The van der Waals surface area contributed by atoms with Crippen LogP contribution in [-0.2, 0) is 4.79 Å². The van der Waals surface area contributed by atoms with Crippen LogP contribution < -0.4 is 10.2 Å². The number of piperidine rings is 1. The van der Waals surface area contributed by atoms with Gasteiger partial charge in [0.1, 0.15) is 22.6 Å². The van der Waals surface area contributed by atoms with Crippen LogP contribution >= 0.6 is 11.6 Å². The number of anilines is 2. The second-order valence-corrected chi connectivity index (χ2v) is 7.14. The number of carbonyl (C=O) groups excluding carboxylic acids is 1. The van der Waals surface area contributed by atoms with E-state index < -0.39 is 0 Å². The van der Waals surface area contributed by atoms with Crippen molar-refractivity contribution < 1.29 is 9.32 Å². The van der Waals surface area contributed by atoms with E-state index in [9.17, 15) is 4.79 Å². The van der Waals surface area contributed by atoms with Crippen molar-refractivity contribution in [1.29, 1.82) is 0 Å². The molecule has 0 aromatic carbocycles. The zero-order valence-electron chi connectivity index (χ0n) is 14.0. The van der Waals surface area contributed by atoms with E-state index in [4.69, 9.17) is 16.1 Å². The van der Waals surface area contributed by atoms with Crippen LogP contribution in [0.2, 0.25) is 5.15 Å². The second-order valence-electron chi connectivity index (χ2n) is 6.75. The van der Waals surface area contributed by atoms with Gasteiger partial charge in [-0.3, -0.25) is 4.79 Å². The summed E-state index contributed by atoms with van der Waals surface area (Å²) < 4.78 is 4.97. The first kappa shape index (κ1) is 16.3. The lowest BCUT2D eigenvalue weighted by molar-refractivity contribution is -0.120. The highest BCUT2D eigenvalue weighted by Crippen LogP contribution is 2.39. The average molecular weight is 362 g/mol. The predicted octanol–water partition coefficient (Wildman–Crippen LogP) is 3.16. The van der Waals surface area contributed by atoms with Crippen molar-refractivity contribution in [2.24, 2.45) is 5.92 Å². The van der Waals surface area contributed by atoms with Gasteiger partial charge >= 0.3 is 0 Å². The summed E-state index contributed by atoms with van der Waals surface area (Å²) in [7, 11) is 0. The van der Waals surface area contributed by atoms with E-state index in [1.807, 2.05) is 6.07 Å². The minimum absolute atomic E-state index is 0.00709. The van der Waals surface area contributed by atoms with E-state index in [2.05, 4.69) is 25.3 Å². The topological polar surface area (TPSA) is 84.2 Å². The summed E-state index contributed by atoms with van der Waals surface area (Å²) in [6, 6.07) is 3.53. The molecule has 1 saturated heterocycles. The molecule has 1 saturated carbocycles. The largest absolute Gasteiger partial charge is 0.360 e. The molecule has 1 amide bonds. The van der Waals surface area contributed by atoms with Crippen LogP contribution in [0.5, 0.6) is 0 Å². The zero-order chi connectivity index (χ0) is 17.4. The Morgan fingerprint density at radius 1 is 1.24 bits per heavy atom. The van der Waals surface area contributed by atoms with E-state index in [0.29, 0.717) is 22.6 Å². The van der Waals surface area contributed by atoms with Crippen molar-refractivity contribution >= 4 is 29.1 Å². The summed E-state index contributed by atoms with van der Waals surface area (Å²) in [6.45, 7) is 3.34. The highest BCUT2D eigenvalue weighted by Gasteiger charge is 2.30. The molecule has 2 aromatic heterocycles. The minimum Gasteiger partial charge on any atom is -0.360 e. The number of amides is 1. The lowest BCUT2D eigenvalue weighted by atomic mass is 9.96. The summed E-state index contributed by atoms with van der Waals surface area (Å²) in [5.74, 6) is 3.29. The molecule has 0 bridgehead atoms. The molecule has 132 valence electrons. The van der Waals surface area contributed by atoms with E-state index in [-0.39, 0.29) is 11.8 Å². The monoisotopic (exact) mass is 361 g/mol. The van der Waals surface area contributed by atoms with Crippen LogP contribution in [0.25, 0.3) is 0 Å². The van der Waals surface area contributed by atoms with Gasteiger partial charge < -0.3 is 14.7 Å². The molecule has 25 heavy (non-hydrogen) atoms. The van der Waals surface area contributed by atoms with E-state index in [0.717, 1.165) is 50.4 Å². The third-order valence-electron chi connectivity index (χ3n) is 4.71. The number of hydrogen-bond acceptors (Lipinski definition) is 6. The average Bonchev–Trinajstić information content (AvgIpc) is 3.38. The fraction of sp³-hybridized carbons (Fsp3) is 0.529. The Morgan fingerprint density at radius 3 is 2.64 bits per heavy atom. The van der Waals surface area contributed by atoms with E-state index in [1.165, 1.54) is 0 Å². The van der Waals surface area contributed by atoms with Crippen molar-refractivity contribution in [1.82, 2.24) is 15.1 Å². The normalized spacial score (nSPS) is 18.4. The van der Waals surface area contributed by atoms with Gasteiger partial charge in [0.2, 0.25) is 5.91 Å². The van der Waals surface area contributed by atoms with Crippen LogP contribution in [0.15, 0.2) is 16.7 Å². The van der Waals surface area contributed by atoms with Gasteiger partial charge in [-0.05, 0) is 32.6 Å². The summed E-state index contributed by atoms with van der Waals surface area (Å²) in [5, 5.41) is 7.12. The first-order valence-corrected chi connectivity index (χ1v) is 9.00. The third kappa shape index (κ3) is 3.76. The number of hydrogen-bond donors (Lipinski definition) is 1. The van der Waals surface area contributed by atoms with Crippen molar-refractivity contribution in [3.8, 4) is 0 Å². The Labute approximate surface area is 150 Å². The Bertz CT molecular complexity index is 781. The maximum absolute atomic E-state index is 12.4. The van der Waals surface area contributed by atoms with Gasteiger partial charge in [0.15, 0.2) is 5.82 Å². The number of aryl methyl sites for hydroxylation is 1. The quantitative estimate of drug-likeness (QED) is 0.842. The molecule has 8 heteroatoms. The maximum atomic E-state index is 12.4. The molecule has 0 spiro atoms. The molecule has 1 aliphatic carbocycles. The standard InChI is InChI=1S/C17H20ClN5O2/c1-10-8-14(22-25-10)20-17(24)12-4-6-23(7-5-12)15-9-13(18)19-16(21-15)11-2-3-11/h8-9,11-12H,2-7H2,1H3,(H,20,22,24). The van der Waals surface area contributed by atoms with Crippen molar-refractivity contribution in [3.05, 3.63) is 28.9 Å². The predicted molar refractivity (Wildman–Crippen MR) is 93.8 cm³/mol. The van der Waals surface area contributed by atoms with Crippen LogP contribution in [0, 0.1) is 12.8 Å². The molecule has 2 aliphatic rings. The highest BCUT2D eigenvalue weighted by molar-refractivity contribution is 6.29. The van der Waals surface area contributed by atoms with Gasteiger partial charge in [-0.15, -0.1) is 0 Å². The van der Waals surface area contributed by atoms with Crippen LogP contribution in [-0.4, -0.2) is 34.1 Å². The number of rotatable bonds is 4. The molecule has 4 rings (SSSR count). The van der Waals surface area contributed by atoms with Crippen LogP contribution in [0.3, 0.4) is 0 Å². The first-order chi connectivity index (χ1) is 12.1. The van der Waals surface area contributed by atoms with Crippen molar-refractivity contribution in [2.75, 3.05) is 23.3 Å². The molecule has 2 aromatic rings. The molecule has 0 atom stereocenters. The van der Waals surface area contributed by atoms with Gasteiger partial charge in [-0.1, -0.05) is 16.8 Å². The summed E-state index contributed by atoms with van der Waals surface area (Å²) in [4.78, 5) is 23.5. The molecule has 1 aliphatic heterocycles. The van der Waals surface area contributed by atoms with Gasteiger partial charge in [-0.2, -0.15) is 0 Å². The SMILES string of the molecule is Cc1cc(NC(=O)C2CCN(c3cc(Cl)nc(C4CC4)n3)CC2)no1. The van der Waals surface area contributed by atoms with Crippen LogP contribution in [0.1, 0.15) is 43.2 Å². The lowest BCUT2D eigenvalue weighted by Crippen LogP contribution is -2.38. The molecule has 2 fully saturated rings. The number of nitrogens with one attached hydrogen (secondary N) is 1. The number of nitrogens with zero attached hydrogens (tertiary/aromatic N) is 4. The molecule has 0 unspecified atom stereocenters. The number of aromatic nitrogens is 3. The minimum atomic E-state index is -0.0338. The number of halogens is 1. The molecule has 1 N–H and O–H groups in total. The van der Waals surface area contributed by atoms with Crippen molar-refractivity contribution in [3.63, 3.8) is 0 Å². The Kier molecular flexibility index (Phi) is 4.33. The second kappa shape index (κ2) is 6.63. The summed E-state index contributed by atoms with van der Waals surface area (Å²) >= 11 is 6.15. The van der Waals surface area contributed by atoms with Gasteiger partial charge in [0, 0.05) is 37.1 Å². The number of carbonyl (C=O) groups is 1. The van der Waals surface area contributed by atoms with Gasteiger partial charge in [0.05, 0.1) is 0 Å². The fourth-order valence-corrected chi connectivity index (χ4v) is 3.32. The van der Waals surface area contributed by atoms with Crippen molar-refractivity contribution in [2.45, 2.75) is 38.5 Å². The maximum Gasteiger partial charge on any atom is 0.228 e. The van der Waals surface area contributed by atoms with Crippen LogP contribution in [0.4, 0.5) is 11.6 Å². The molecule has 3 heterocycles. The third-order valence-corrected chi connectivity index (χ3v) is 4.90. The Balaban J connectivity index is 1.37.